The maximum absolute atomic E-state index is 12.9. The molecule has 2 aromatic heterocycles. The second kappa shape index (κ2) is 8.46. The first kappa shape index (κ1) is 19.8. The van der Waals surface area contributed by atoms with E-state index < -0.39 is 0 Å². The number of rotatable bonds is 6. The fourth-order valence-corrected chi connectivity index (χ4v) is 4.04. The fraction of sp³-hybridized carbons (Fsp3) is 0.182. The second-order valence-corrected chi connectivity index (χ2v) is 8.06. The molecule has 1 N–H and O–H groups in total. The highest BCUT2D eigenvalue weighted by atomic mass is 32.1. The summed E-state index contributed by atoms with van der Waals surface area (Å²) in [7, 11) is 1.93. The van der Waals surface area contributed by atoms with Crippen LogP contribution in [0.25, 0.3) is 10.3 Å². The van der Waals surface area contributed by atoms with Crippen molar-refractivity contribution in [3.8, 4) is 0 Å². The number of anilines is 2. The van der Waals surface area contributed by atoms with Gasteiger partial charge < -0.3 is 10.2 Å². The minimum atomic E-state index is -0.283. The van der Waals surface area contributed by atoms with Crippen LogP contribution in [0.2, 0.25) is 0 Å². The standard InChI is InChI=1S/C22H21N5O2S/c1-15-7-6-10-17(11-15)24-18(28)13-27-14-23-20-19(21(27)29)30-22(25-20)26(2)12-16-8-4-3-5-9-16/h3-11,14H,12-13H2,1-2H3,(H,24,28). The fourth-order valence-electron chi connectivity index (χ4n) is 3.11. The molecule has 2 aromatic carbocycles. The van der Waals surface area contributed by atoms with Crippen LogP contribution >= 0.6 is 11.3 Å². The van der Waals surface area contributed by atoms with Crippen LogP contribution in [-0.4, -0.2) is 27.5 Å². The summed E-state index contributed by atoms with van der Waals surface area (Å²) in [6, 6.07) is 17.6. The number of hydrogen-bond donors (Lipinski definition) is 1. The normalized spacial score (nSPS) is 10.9. The molecule has 0 unspecified atom stereocenters. The van der Waals surface area contributed by atoms with Gasteiger partial charge in [0, 0.05) is 19.3 Å². The van der Waals surface area contributed by atoms with E-state index in [1.807, 2.05) is 73.5 Å². The van der Waals surface area contributed by atoms with E-state index in [-0.39, 0.29) is 18.0 Å². The summed E-state index contributed by atoms with van der Waals surface area (Å²) in [6.45, 7) is 2.52. The van der Waals surface area contributed by atoms with Crippen molar-refractivity contribution in [2.24, 2.45) is 0 Å². The van der Waals surface area contributed by atoms with Gasteiger partial charge in [0.2, 0.25) is 5.91 Å². The largest absolute Gasteiger partial charge is 0.347 e. The van der Waals surface area contributed by atoms with Crippen LogP contribution in [-0.2, 0) is 17.9 Å². The molecule has 4 aromatic rings. The molecular weight excluding hydrogens is 398 g/mol. The lowest BCUT2D eigenvalue weighted by molar-refractivity contribution is -0.116. The molecule has 0 atom stereocenters. The summed E-state index contributed by atoms with van der Waals surface area (Å²) in [5.74, 6) is -0.283. The van der Waals surface area contributed by atoms with Crippen LogP contribution in [0.1, 0.15) is 11.1 Å². The lowest BCUT2D eigenvalue weighted by atomic mass is 10.2. The van der Waals surface area contributed by atoms with Gasteiger partial charge in [-0.05, 0) is 30.2 Å². The van der Waals surface area contributed by atoms with Crippen LogP contribution in [0, 0.1) is 6.92 Å². The van der Waals surface area contributed by atoms with E-state index in [1.54, 1.807) is 0 Å². The number of nitrogens with one attached hydrogen (secondary N) is 1. The predicted molar refractivity (Wildman–Crippen MR) is 120 cm³/mol. The third kappa shape index (κ3) is 4.38. The zero-order chi connectivity index (χ0) is 21.1. The number of aryl methyl sites for hydroxylation is 1. The zero-order valence-electron chi connectivity index (χ0n) is 16.7. The van der Waals surface area contributed by atoms with E-state index in [0.717, 1.165) is 11.1 Å². The lowest BCUT2D eigenvalue weighted by Crippen LogP contribution is -2.27. The molecule has 0 aliphatic heterocycles. The maximum atomic E-state index is 12.9. The molecule has 0 aliphatic rings. The number of hydrogen-bond acceptors (Lipinski definition) is 6. The van der Waals surface area contributed by atoms with Gasteiger partial charge in [-0.2, -0.15) is 4.98 Å². The highest BCUT2D eigenvalue weighted by molar-refractivity contribution is 7.22. The number of aromatic nitrogens is 3. The molecule has 0 saturated heterocycles. The summed E-state index contributed by atoms with van der Waals surface area (Å²) in [5.41, 5.74) is 3.03. The van der Waals surface area contributed by atoms with Gasteiger partial charge in [-0.1, -0.05) is 53.8 Å². The Labute approximate surface area is 177 Å². The van der Waals surface area contributed by atoms with E-state index in [2.05, 4.69) is 15.3 Å². The maximum Gasteiger partial charge on any atom is 0.273 e. The minimum absolute atomic E-state index is 0.108. The summed E-state index contributed by atoms with van der Waals surface area (Å²) < 4.78 is 1.75. The highest BCUT2D eigenvalue weighted by Gasteiger charge is 2.15. The molecule has 0 saturated carbocycles. The highest BCUT2D eigenvalue weighted by Crippen LogP contribution is 2.25. The van der Waals surface area contributed by atoms with E-state index in [1.165, 1.54) is 22.2 Å². The first-order valence-corrected chi connectivity index (χ1v) is 10.3. The molecular formula is C22H21N5O2S. The molecule has 7 nitrogen and oxygen atoms in total. The Hall–Kier alpha value is -3.52. The first-order valence-electron chi connectivity index (χ1n) is 9.47. The van der Waals surface area contributed by atoms with Gasteiger partial charge >= 0.3 is 0 Å². The Morgan fingerprint density at radius 2 is 1.97 bits per heavy atom. The molecule has 0 aliphatic carbocycles. The Bertz CT molecular complexity index is 1250. The summed E-state index contributed by atoms with van der Waals surface area (Å²) in [4.78, 5) is 36.0. The van der Waals surface area contributed by atoms with Crippen molar-refractivity contribution in [2.45, 2.75) is 20.0 Å². The summed E-state index contributed by atoms with van der Waals surface area (Å²) >= 11 is 1.29. The molecule has 4 rings (SSSR count). The van der Waals surface area contributed by atoms with Crippen LogP contribution in [0.3, 0.4) is 0 Å². The number of nitrogens with zero attached hydrogens (tertiary/aromatic N) is 4. The molecule has 2 heterocycles. The molecule has 0 fully saturated rings. The van der Waals surface area contributed by atoms with Gasteiger partial charge in [0.15, 0.2) is 10.8 Å². The third-order valence-electron chi connectivity index (χ3n) is 4.58. The zero-order valence-corrected chi connectivity index (χ0v) is 17.5. The molecule has 0 spiro atoms. The van der Waals surface area contributed by atoms with Crippen LogP contribution in [0.5, 0.6) is 0 Å². The Kier molecular flexibility index (Phi) is 5.58. The Morgan fingerprint density at radius 3 is 2.73 bits per heavy atom. The van der Waals surface area contributed by atoms with Crippen molar-refractivity contribution >= 4 is 38.4 Å². The van der Waals surface area contributed by atoms with Gasteiger partial charge in [-0.15, -0.1) is 0 Å². The van der Waals surface area contributed by atoms with Crippen LogP contribution in [0.15, 0.2) is 65.7 Å². The predicted octanol–water partition coefficient (Wildman–Crippen LogP) is 3.44. The number of benzene rings is 2. The van der Waals surface area contributed by atoms with Gasteiger partial charge in [-0.25, -0.2) is 4.98 Å². The molecule has 0 bridgehead atoms. The SMILES string of the molecule is Cc1cccc(NC(=O)Cn2cnc3nc(N(C)Cc4ccccc4)sc3c2=O)c1. The van der Waals surface area contributed by atoms with Gasteiger partial charge in [0.1, 0.15) is 17.6 Å². The monoisotopic (exact) mass is 419 g/mol. The minimum Gasteiger partial charge on any atom is -0.347 e. The molecule has 8 heteroatoms. The van der Waals surface area contributed by atoms with E-state index in [9.17, 15) is 9.59 Å². The second-order valence-electron chi connectivity index (χ2n) is 7.09. The molecule has 30 heavy (non-hydrogen) atoms. The van der Waals surface area contributed by atoms with Crippen molar-refractivity contribution in [3.05, 3.63) is 82.4 Å². The van der Waals surface area contributed by atoms with Crippen molar-refractivity contribution in [1.82, 2.24) is 14.5 Å². The Morgan fingerprint density at radius 1 is 1.17 bits per heavy atom. The lowest BCUT2D eigenvalue weighted by Gasteiger charge is -2.15. The third-order valence-corrected chi connectivity index (χ3v) is 5.72. The van der Waals surface area contributed by atoms with Gasteiger partial charge in [0.05, 0.1) is 0 Å². The van der Waals surface area contributed by atoms with Crippen molar-refractivity contribution < 1.29 is 4.79 Å². The number of fused-ring (bicyclic) bond motifs is 1. The van der Waals surface area contributed by atoms with Gasteiger partial charge in [0.25, 0.3) is 5.56 Å². The van der Waals surface area contributed by atoms with Crippen molar-refractivity contribution in [3.63, 3.8) is 0 Å². The number of carbonyl (C=O) groups excluding carboxylic acids is 1. The average molecular weight is 420 g/mol. The number of carbonyl (C=O) groups is 1. The van der Waals surface area contributed by atoms with E-state index >= 15 is 0 Å². The molecule has 152 valence electrons. The molecule has 0 radical (unpaired) electrons. The summed E-state index contributed by atoms with van der Waals surface area (Å²) in [5, 5.41) is 3.52. The average Bonchev–Trinajstić information content (AvgIpc) is 3.16. The van der Waals surface area contributed by atoms with E-state index in [4.69, 9.17) is 0 Å². The topological polar surface area (TPSA) is 80.1 Å². The Balaban J connectivity index is 1.52. The number of thiazole rings is 1. The molecule has 1 amide bonds. The van der Waals surface area contributed by atoms with Crippen molar-refractivity contribution in [2.75, 3.05) is 17.3 Å². The van der Waals surface area contributed by atoms with Crippen molar-refractivity contribution in [1.29, 1.82) is 0 Å². The van der Waals surface area contributed by atoms with Gasteiger partial charge in [-0.3, -0.25) is 14.2 Å². The first-order chi connectivity index (χ1) is 14.5. The quantitative estimate of drug-likeness (QED) is 0.518. The van der Waals surface area contributed by atoms with Crippen LogP contribution < -0.4 is 15.8 Å². The number of amides is 1. The van der Waals surface area contributed by atoms with E-state index in [0.29, 0.717) is 27.7 Å². The smallest absolute Gasteiger partial charge is 0.273 e. The summed E-state index contributed by atoms with van der Waals surface area (Å²) in [6.07, 6.45) is 1.38. The van der Waals surface area contributed by atoms with Crippen LogP contribution in [0.4, 0.5) is 10.8 Å².